The first-order valence-corrected chi connectivity index (χ1v) is 21.5. The van der Waals surface area contributed by atoms with Crippen molar-refractivity contribution in [1.29, 1.82) is 0 Å². The summed E-state index contributed by atoms with van der Waals surface area (Å²) < 4.78 is 2.39. The van der Waals surface area contributed by atoms with Gasteiger partial charge in [0.2, 0.25) is 0 Å². The molecule has 0 bridgehead atoms. The van der Waals surface area contributed by atoms with Crippen LogP contribution in [0, 0.1) is 0 Å². The maximum absolute atomic E-state index is 5.47. The fourth-order valence-corrected chi connectivity index (χ4v) is 9.48. The van der Waals surface area contributed by atoms with Gasteiger partial charge in [0.1, 0.15) is 0 Å². The number of fused-ring (bicyclic) bond motifs is 8. The fourth-order valence-electron chi connectivity index (χ4n) is 9.48. The van der Waals surface area contributed by atoms with Gasteiger partial charge in [0.05, 0.1) is 22.2 Å². The van der Waals surface area contributed by atoms with Crippen molar-refractivity contribution >= 4 is 88.4 Å². The van der Waals surface area contributed by atoms with E-state index in [4.69, 9.17) is 4.98 Å². The van der Waals surface area contributed by atoms with Crippen LogP contribution in [-0.2, 0) is 0 Å². The Morgan fingerprint density at radius 2 is 0.857 bits per heavy atom. The molecule has 0 aliphatic heterocycles. The number of para-hydroxylation sites is 5. The predicted octanol–water partition coefficient (Wildman–Crippen LogP) is 16.2. The molecule has 4 heteroatoms. The summed E-state index contributed by atoms with van der Waals surface area (Å²) in [7, 11) is 0. The third-order valence-electron chi connectivity index (χ3n) is 12.3. The lowest BCUT2D eigenvalue weighted by Crippen LogP contribution is -2.12. The molecular weight excluding hydrogens is 765 g/mol. The SMILES string of the molecule is c1ccc(N(c2ccccc2)c2ccc(N(c3cccc(-c4nc5ccccc5c5c4ccc4c5c5ccccc5n4-c4ccccc4)c3)c3ccc4ccccc4c3)cc2)cc1. The third kappa shape index (κ3) is 6.27. The molecule has 0 amide bonds. The number of nitrogens with zero attached hydrogens (tertiary/aromatic N) is 4. The second-order valence-corrected chi connectivity index (χ2v) is 16.0. The summed E-state index contributed by atoms with van der Waals surface area (Å²) >= 11 is 0. The highest BCUT2D eigenvalue weighted by molar-refractivity contribution is 6.29. The molecule has 0 fully saturated rings. The van der Waals surface area contributed by atoms with Crippen LogP contribution in [0.25, 0.3) is 71.2 Å². The highest BCUT2D eigenvalue weighted by Crippen LogP contribution is 2.45. The number of rotatable bonds is 8. The molecule has 4 nitrogen and oxygen atoms in total. The van der Waals surface area contributed by atoms with Crippen LogP contribution >= 0.6 is 0 Å². The molecule has 12 aromatic rings. The van der Waals surface area contributed by atoms with Gasteiger partial charge in [0.25, 0.3) is 0 Å². The molecule has 0 atom stereocenters. The van der Waals surface area contributed by atoms with E-state index in [0.29, 0.717) is 0 Å². The Kier molecular flexibility index (Phi) is 8.79. The van der Waals surface area contributed by atoms with Crippen LogP contribution < -0.4 is 9.80 Å². The Balaban J connectivity index is 1.05. The maximum Gasteiger partial charge on any atom is 0.0789 e. The molecule has 0 saturated heterocycles. The molecular formula is C59H40N4. The Hall–Kier alpha value is -8.47. The Morgan fingerprint density at radius 1 is 0.317 bits per heavy atom. The standard InChI is InChI=1S/C59H40N4/c1-4-20-44(21-5-1)61(45-22-6-2-7-23-45)47-33-35-48(36-34-47)62(50-32-31-41-17-10-11-18-42(41)39-50)49-26-16-19-43(40-49)59-53-37-38-56-58(57(53)51-27-12-14-29-54(51)60-59)52-28-13-15-30-55(52)63(56)46-24-8-3-9-25-46/h1-40H. The van der Waals surface area contributed by atoms with Gasteiger partial charge < -0.3 is 14.4 Å². The number of hydrogen-bond donors (Lipinski definition) is 0. The molecule has 2 heterocycles. The summed E-state index contributed by atoms with van der Waals surface area (Å²) in [6.45, 7) is 0. The first-order chi connectivity index (χ1) is 31.3. The molecule has 2 aromatic heterocycles. The summed E-state index contributed by atoms with van der Waals surface area (Å²) in [6, 6.07) is 86.9. The van der Waals surface area contributed by atoms with Crippen LogP contribution in [0.3, 0.4) is 0 Å². The zero-order chi connectivity index (χ0) is 41.7. The summed E-state index contributed by atoms with van der Waals surface area (Å²) in [6.07, 6.45) is 0. The van der Waals surface area contributed by atoms with Crippen molar-refractivity contribution in [2.45, 2.75) is 0 Å². The summed E-state index contributed by atoms with van der Waals surface area (Å²) in [5, 5.41) is 8.34. The van der Waals surface area contributed by atoms with E-state index in [2.05, 4.69) is 257 Å². The quantitative estimate of drug-likeness (QED) is 0.143. The topological polar surface area (TPSA) is 24.3 Å². The molecule has 12 rings (SSSR count). The van der Waals surface area contributed by atoms with E-state index in [-0.39, 0.29) is 0 Å². The molecule has 296 valence electrons. The lowest BCUT2D eigenvalue weighted by Gasteiger charge is -2.28. The van der Waals surface area contributed by atoms with Gasteiger partial charge in [0.15, 0.2) is 0 Å². The number of hydrogen-bond acceptors (Lipinski definition) is 3. The Bertz CT molecular complexity index is 3580. The van der Waals surface area contributed by atoms with Crippen molar-refractivity contribution in [1.82, 2.24) is 9.55 Å². The van der Waals surface area contributed by atoms with Crippen LogP contribution in [0.5, 0.6) is 0 Å². The summed E-state index contributed by atoms with van der Waals surface area (Å²) in [5.41, 5.74) is 12.9. The molecule has 0 aliphatic carbocycles. The smallest absolute Gasteiger partial charge is 0.0789 e. The average Bonchev–Trinajstić information content (AvgIpc) is 3.70. The fraction of sp³-hybridized carbons (Fsp3) is 0. The van der Waals surface area contributed by atoms with Crippen molar-refractivity contribution in [3.8, 4) is 16.9 Å². The molecule has 10 aromatic carbocycles. The molecule has 0 spiro atoms. The first kappa shape index (κ1) is 36.4. The first-order valence-electron chi connectivity index (χ1n) is 21.5. The lowest BCUT2D eigenvalue weighted by molar-refractivity contribution is 1.18. The minimum atomic E-state index is 0.958. The largest absolute Gasteiger partial charge is 0.311 e. The van der Waals surface area contributed by atoms with Gasteiger partial charge in [-0.25, -0.2) is 4.98 Å². The number of pyridine rings is 1. The van der Waals surface area contributed by atoms with E-state index >= 15 is 0 Å². The zero-order valence-electron chi connectivity index (χ0n) is 34.4. The lowest BCUT2D eigenvalue weighted by atomic mass is 9.96. The third-order valence-corrected chi connectivity index (χ3v) is 12.3. The van der Waals surface area contributed by atoms with Crippen LogP contribution in [0.1, 0.15) is 0 Å². The molecule has 0 aliphatic rings. The van der Waals surface area contributed by atoms with Gasteiger partial charge in [-0.05, 0) is 114 Å². The van der Waals surface area contributed by atoms with Gasteiger partial charge in [-0.2, -0.15) is 0 Å². The Morgan fingerprint density at radius 3 is 1.59 bits per heavy atom. The minimum Gasteiger partial charge on any atom is -0.311 e. The van der Waals surface area contributed by atoms with E-state index in [1.54, 1.807) is 0 Å². The highest BCUT2D eigenvalue weighted by Gasteiger charge is 2.21. The Labute approximate surface area is 365 Å². The van der Waals surface area contributed by atoms with Crippen LogP contribution in [0.2, 0.25) is 0 Å². The normalized spacial score (nSPS) is 11.5. The molecule has 0 unspecified atom stereocenters. The summed E-state index contributed by atoms with van der Waals surface area (Å²) in [4.78, 5) is 10.1. The number of benzene rings is 10. The monoisotopic (exact) mass is 804 g/mol. The van der Waals surface area contributed by atoms with Crippen LogP contribution in [0.4, 0.5) is 34.1 Å². The maximum atomic E-state index is 5.47. The molecule has 63 heavy (non-hydrogen) atoms. The minimum absolute atomic E-state index is 0.958. The van der Waals surface area contributed by atoms with Gasteiger partial charge in [-0.1, -0.05) is 140 Å². The van der Waals surface area contributed by atoms with Crippen LogP contribution in [0.15, 0.2) is 243 Å². The van der Waals surface area contributed by atoms with Crippen LogP contribution in [-0.4, -0.2) is 9.55 Å². The van der Waals surface area contributed by atoms with Gasteiger partial charge in [0, 0.05) is 72.3 Å². The number of anilines is 6. The van der Waals surface area contributed by atoms with Crippen molar-refractivity contribution in [2.75, 3.05) is 9.80 Å². The highest BCUT2D eigenvalue weighted by atomic mass is 15.2. The zero-order valence-corrected chi connectivity index (χ0v) is 34.4. The van der Waals surface area contributed by atoms with Crippen molar-refractivity contribution in [3.63, 3.8) is 0 Å². The van der Waals surface area contributed by atoms with Crippen molar-refractivity contribution < 1.29 is 0 Å². The predicted molar refractivity (Wildman–Crippen MR) is 266 cm³/mol. The second kappa shape index (κ2) is 15.2. The molecule has 0 saturated carbocycles. The molecule has 0 N–H and O–H groups in total. The van der Waals surface area contributed by atoms with E-state index in [9.17, 15) is 0 Å². The van der Waals surface area contributed by atoms with Crippen molar-refractivity contribution in [2.24, 2.45) is 0 Å². The van der Waals surface area contributed by atoms with Gasteiger partial charge in [-0.3, -0.25) is 0 Å². The molecule has 0 radical (unpaired) electrons. The second-order valence-electron chi connectivity index (χ2n) is 16.0. The number of aromatic nitrogens is 2. The van der Waals surface area contributed by atoms with E-state index < -0.39 is 0 Å². The summed E-state index contributed by atoms with van der Waals surface area (Å²) in [5.74, 6) is 0. The van der Waals surface area contributed by atoms with Crippen molar-refractivity contribution in [3.05, 3.63) is 243 Å². The van der Waals surface area contributed by atoms with E-state index in [1.165, 1.54) is 38.0 Å². The van der Waals surface area contributed by atoms with Gasteiger partial charge >= 0.3 is 0 Å². The van der Waals surface area contributed by atoms with E-state index in [1.807, 2.05) is 0 Å². The van der Waals surface area contributed by atoms with Gasteiger partial charge in [-0.15, -0.1) is 0 Å². The van der Waals surface area contributed by atoms with E-state index in [0.717, 1.165) is 67.4 Å². The average molecular weight is 805 g/mol.